The number of carbonyl (C=O) groups excluding carboxylic acids is 2. The van der Waals surface area contributed by atoms with Crippen LogP contribution >= 0.6 is 0 Å². The van der Waals surface area contributed by atoms with Crippen molar-refractivity contribution >= 4 is 11.7 Å². The topological polar surface area (TPSA) is 40.6 Å². The average Bonchev–Trinajstić information content (AvgIpc) is 2.27. The first-order valence-electron chi connectivity index (χ1n) is 6.42. The predicted molar refractivity (Wildman–Crippen MR) is 67.8 cm³/mol. The molecule has 0 aromatic heterocycles. The molecular formula is C13H24N2O2. The minimum atomic E-state index is 0.188. The van der Waals surface area contributed by atoms with Gasteiger partial charge in [0, 0.05) is 39.5 Å². The van der Waals surface area contributed by atoms with E-state index in [4.69, 9.17) is 0 Å². The Bertz CT molecular complexity index is 271. The Labute approximate surface area is 104 Å². The van der Waals surface area contributed by atoms with Gasteiger partial charge in [0.05, 0.1) is 0 Å². The van der Waals surface area contributed by atoms with Crippen molar-refractivity contribution in [2.45, 2.75) is 33.1 Å². The lowest BCUT2D eigenvalue weighted by Crippen LogP contribution is -2.40. The van der Waals surface area contributed by atoms with Crippen LogP contribution in [-0.4, -0.2) is 54.7 Å². The predicted octanol–water partition coefficient (Wildman–Crippen LogP) is 1.16. The molecule has 1 saturated heterocycles. The van der Waals surface area contributed by atoms with Crippen molar-refractivity contribution in [1.82, 2.24) is 9.80 Å². The van der Waals surface area contributed by atoms with E-state index in [1.165, 1.54) is 0 Å². The molecule has 1 heterocycles. The zero-order valence-corrected chi connectivity index (χ0v) is 11.2. The second-order valence-corrected chi connectivity index (χ2v) is 5.16. The van der Waals surface area contributed by atoms with Crippen molar-refractivity contribution in [3.05, 3.63) is 0 Å². The molecule has 0 aromatic carbocycles. The number of rotatable bonds is 5. The quantitative estimate of drug-likeness (QED) is 0.724. The maximum atomic E-state index is 11.2. The molecular weight excluding hydrogens is 216 g/mol. The number of Topliss-reactive ketones (excluding diaryl/α,β-unsaturated/α-hetero) is 1. The summed E-state index contributed by atoms with van der Waals surface area (Å²) in [6, 6.07) is 0. The lowest BCUT2D eigenvalue weighted by molar-refractivity contribution is -0.130. The molecule has 0 aromatic rings. The second-order valence-electron chi connectivity index (χ2n) is 5.16. The van der Waals surface area contributed by atoms with E-state index in [2.05, 4.69) is 11.9 Å². The summed E-state index contributed by atoms with van der Waals surface area (Å²) in [6.45, 7) is 6.95. The molecule has 0 unspecified atom stereocenters. The van der Waals surface area contributed by atoms with Crippen LogP contribution < -0.4 is 0 Å². The van der Waals surface area contributed by atoms with Crippen molar-refractivity contribution in [2.75, 3.05) is 33.2 Å². The highest BCUT2D eigenvalue weighted by molar-refractivity contribution is 5.75. The van der Waals surface area contributed by atoms with Gasteiger partial charge < -0.3 is 9.80 Å². The zero-order valence-electron chi connectivity index (χ0n) is 11.2. The molecule has 0 bridgehead atoms. The van der Waals surface area contributed by atoms with Gasteiger partial charge in [-0.05, 0) is 32.7 Å². The maximum Gasteiger partial charge on any atom is 0.219 e. The molecule has 1 amide bonds. The van der Waals surface area contributed by atoms with E-state index < -0.39 is 0 Å². The van der Waals surface area contributed by atoms with Crippen LogP contribution in [0.4, 0.5) is 0 Å². The fraction of sp³-hybridized carbons (Fsp3) is 0.846. The highest BCUT2D eigenvalue weighted by Gasteiger charge is 2.21. The fourth-order valence-electron chi connectivity index (χ4n) is 2.31. The molecule has 4 heteroatoms. The van der Waals surface area contributed by atoms with Gasteiger partial charge in [-0.2, -0.15) is 0 Å². The average molecular weight is 240 g/mol. The zero-order chi connectivity index (χ0) is 12.8. The van der Waals surface area contributed by atoms with E-state index in [-0.39, 0.29) is 11.7 Å². The Balaban J connectivity index is 2.21. The largest absolute Gasteiger partial charge is 0.343 e. The third-order valence-corrected chi connectivity index (χ3v) is 3.48. The van der Waals surface area contributed by atoms with Crippen molar-refractivity contribution in [2.24, 2.45) is 5.92 Å². The van der Waals surface area contributed by atoms with E-state index in [1.807, 2.05) is 4.90 Å². The van der Waals surface area contributed by atoms with E-state index >= 15 is 0 Å². The standard InChI is InChI=1S/C13H24N2O2/c1-11(16)4-7-14(3)10-13-5-8-15(9-6-13)12(2)17/h13H,4-10H2,1-3H3. The molecule has 0 atom stereocenters. The Morgan fingerprint density at radius 1 is 1.24 bits per heavy atom. The highest BCUT2D eigenvalue weighted by atomic mass is 16.2. The van der Waals surface area contributed by atoms with E-state index in [0.717, 1.165) is 39.0 Å². The SMILES string of the molecule is CC(=O)CCN(C)CC1CCN(C(C)=O)CC1. The van der Waals surface area contributed by atoms with Crippen LogP contribution in [0.25, 0.3) is 0 Å². The Hall–Kier alpha value is -0.900. The van der Waals surface area contributed by atoms with E-state index in [0.29, 0.717) is 12.3 Å². The molecule has 1 aliphatic heterocycles. The first-order chi connectivity index (χ1) is 7.99. The van der Waals surface area contributed by atoms with Gasteiger partial charge in [0.2, 0.25) is 5.91 Å². The van der Waals surface area contributed by atoms with Gasteiger partial charge in [0.15, 0.2) is 0 Å². The molecule has 0 N–H and O–H groups in total. The number of hydrogen-bond donors (Lipinski definition) is 0. The lowest BCUT2D eigenvalue weighted by atomic mass is 9.96. The van der Waals surface area contributed by atoms with Crippen LogP contribution in [0.2, 0.25) is 0 Å². The first kappa shape index (κ1) is 14.2. The highest BCUT2D eigenvalue weighted by Crippen LogP contribution is 2.18. The first-order valence-corrected chi connectivity index (χ1v) is 6.42. The van der Waals surface area contributed by atoms with Gasteiger partial charge in [0.25, 0.3) is 0 Å². The fourth-order valence-corrected chi connectivity index (χ4v) is 2.31. The minimum absolute atomic E-state index is 0.188. The molecule has 98 valence electrons. The molecule has 0 radical (unpaired) electrons. The summed E-state index contributed by atoms with van der Waals surface area (Å²) in [7, 11) is 2.07. The van der Waals surface area contributed by atoms with Crippen molar-refractivity contribution in [3.8, 4) is 0 Å². The van der Waals surface area contributed by atoms with Crippen LogP contribution in [0.1, 0.15) is 33.1 Å². The van der Waals surface area contributed by atoms with Gasteiger partial charge in [0.1, 0.15) is 5.78 Å². The number of amides is 1. The molecule has 17 heavy (non-hydrogen) atoms. The van der Waals surface area contributed by atoms with Crippen LogP contribution in [0.5, 0.6) is 0 Å². The third kappa shape index (κ3) is 5.31. The van der Waals surface area contributed by atoms with Crippen molar-refractivity contribution in [3.63, 3.8) is 0 Å². The van der Waals surface area contributed by atoms with Crippen LogP contribution in [-0.2, 0) is 9.59 Å². The maximum absolute atomic E-state index is 11.2. The number of ketones is 1. The number of hydrogen-bond acceptors (Lipinski definition) is 3. The third-order valence-electron chi connectivity index (χ3n) is 3.48. The minimum Gasteiger partial charge on any atom is -0.343 e. The molecule has 0 spiro atoms. The monoisotopic (exact) mass is 240 g/mol. The second kappa shape index (κ2) is 6.74. The van der Waals surface area contributed by atoms with Crippen LogP contribution in [0, 0.1) is 5.92 Å². The molecule has 0 aliphatic carbocycles. The van der Waals surface area contributed by atoms with Gasteiger partial charge in [-0.3, -0.25) is 9.59 Å². The molecule has 1 aliphatic rings. The molecule has 1 fully saturated rings. The number of likely N-dealkylation sites (tertiary alicyclic amines) is 1. The van der Waals surface area contributed by atoms with Gasteiger partial charge >= 0.3 is 0 Å². The number of carbonyl (C=O) groups is 2. The normalized spacial score (nSPS) is 17.5. The van der Waals surface area contributed by atoms with E-state index in [1.54, 1.807) is 13.8 Å². The lowest BCUT2D eigenvalue weighted by Gasteiger charge is -2.33. The number of piperidine rings is 1. The van der Waals surface area contributed by atoms with Crippen molar-refractivity contribution in [1.29, 1.82) is 0 Å². The van der Waals surface area contributed by atoms with Gasteiger partial charge in [-0.15, -0.1) is 0 Å². The molecule has 4 nitrogen and oxygen atoms in total. The number of nitrogens with zero attached hydrogens (tertiary/aromatic N) is 2. The smallest absolute Gasteiger partial charge is 0.219 e. The molecule has 1 rings (SSSR count). The van der Waals surface area contributed by atoms with Crippen LogP contribution in [0.3, 0.4) is 0 Å². The van der Waals surface area contributed by atoms with Crippen LogP contribution in [0.15, 0.2) is 0 Å². The van der Waals surface area contributed by atoms with E-state index in [9.17, 15) is 9.59 Å². The Kier molecular flexibility index (Phi) is 5.62. The molecule has 0 saturated carbocycles. The Morgan fingerprint density at radius 2 is 1.82 bits per heavy atom. The Morgan fingerprint density at radius 3 is 2.29 bits per heavy atom. The summed E-state index contributed by atoms with van der Waals surface area (Å²) in [5, 5.41) is 0. The summed E-state index contributed by atoms with van der Waals surface area (Å²) < 4.78 is 0. The summed E-state index contributed by atoms with van der Waals surface area (Å²) in [5.41, 5.74) is 0. The summed E-state index contributed by atoms with van der Waals surface area (Å²) in [6.07, 6.45) is 2.82. The van der Waals surface area contributed by atoms with Gasteiger partial charge in [-0.1, -0.05) is 0 Å². The van der Waals surface area contributed by atoms with Gasteiger partial charge in [-0.25, -0.2) is 0 Å². The summed E-state index contributed by atoms with van der Waals surface area (Å²) >= 11 is 0. The summed E-state index contributed by atoms with van der Waals surface area (Å²) in [4.78, 5) is 26.2. The van der Waals surface area contributed by atoms with Crippen molar-refractivity contribution < 1.29 is 9.59 Å². The summed E-state index contributed by atoms with van der Waals surface area (Å²) in [5.74, 6) is 1.11.